The minimum Gasteiger partial charge on any atom is -0.383 e. The SMILES string of the molecule is Cc1ccc(Cc2ccc(N(C)C(C)CNc3ccccc3)cc2)cc1. The quantitative estimate of drug-likeness (QED) is 0.607. The molecule has 3 rings (SSSR count). The normalized spacial score (nSPS) is 11.8. The number of anilines is 2. The van der Waals surface area contributed by atoms with E-state index in [0.717, 1.165) is 13.0 Å². The molecule has 0 saturated heterocycles. The lowest BCUT2D eigenvalue weighted by Crippen LogP contribution is -2.34. The summed E-state index contributed by atoms with van der Waals surface area (Å²) < 4.78 is 0. The fraction of sp³-hybridized carbons (Fsp3) is 0.250. The lowest BCUT2D eigenvalue weighted by Gasteiger charge is -2.27. The molecule has 1 atom stereocenters. The van der Waals surface area contributed by atoms with Crippen LogP contribution >= 0.6 is 0 Å². The highest BCUT2D eigenvalue weighted by molar-refractivity contribution is 5.49. The monoisotopic (exact) mass is 344 g/mol. The highest BCUT2D eigenvalue weighted by atomic mass is 15.1. The van der Waals surface area contributed by atoms with Gasteiger partial charge in [0.1, 0.15) is 0 Å². The maximum Gasteiger partial charge on any atom is 0.0431 e. The van der Waals surface area contributed by atoms with Crippen LogP contribution in [0, 0.1) is 6.92 Å². The highest BCUT2D eigenvalue weighted by Crippen LogP contribution is 2.19. The molecule has 0 spiro atoms. The molecule has 0 aliphatic carbocycles. The Morgan fingerprint density at radius 2 is 1.38 bits per heavy atom. The van der Waals surface area contributed by atoms with Crippen molar-refractivity contribution in [3.63, 3.8) is 0 Å². The fourth-order valence-electron chi connectivity index (χ4n) is 3.00. The van der Waals surface area contributed by atoms with Gasteiger partial charge in [0.25, 0.3) is 0 Å². The van der Waals surface area contributed by atoms with Gasteiger partial charge in [-0.15, -0.1) is 0 Å². The molecule has 0 fully saturated rings. The predicted molar refractivity (Wildman–Crippen MR) is 113 cm³/mol. The third kappa shape index (κ3) is 4.89. The number of nitrogens with one attached hydrogen (secondary N) is 1. The van der Waals surface area contributed by atoms with Gasteiger partial charge in [0.05, 0.1) is 0 Å². The largest absolute Gasteiger partial charge is 0.383 e. The summed E-state index contributed by atoms with van der Waals surface area (Å²) in [5.74, 6) is 0. The Morgan fingerprint density at radius 1 is 0.808 bits per heavy atom. The van der Waals surface area contributed by atoms with Crippen molar-refractivity contribution >= 4 is 11.4 Å². The molecule has 3 aromatic carbocycles. The van der Waals surface area contributed by atoms with Crippen LogP contribution in [0.15, 0.2) is 78.9 Å². The summed E-state index contributed by atoms with van der Waals surface area (Å²) in [5, 5.41) is 3.50. The Labute approximate surface area is 157 Å². The van der Waals surface area contributed by atoms with E-state index < -0.39 is 0 Å². The van der Waals surface area contributed by atoms with Gasteiger partial charge in [0, 0.05) is 31.0 Å². The molecule has 2 nitrogen and oxygen atoms in total. The number of likely N-dealkylation sites (N-methyl/N-ethyl adjacent to an activating group) is 1. The third-order valence-electron chi connectivity index (χ3n) is 4.91. The molecule has 0 heterocycles. The third-order valence-corrected chi connectivity index (χ3v) is 4.91. The molecule has 1 N–H and O–H groups in total. The van der Waals surface area contributed by atoms with Crippen molar-refractivity contribution in [1.82, 2.24) is 0 Å². The van der Waals surface area contributed by atoms with Crippen molar-refractivity contribution in [3.8, 4) is 0 Å². The molecule has 0 aliphatic rings. The summed E-state index contributed by atoms with van der Waals surface area (Å²) >= 11 is 0. The standard InChI is InChI=1S/C24H28N2/c1-19-9-11-21(12-10-19)17-22-13-15-24(16-14-22)26(3)20(2)18-25-23-7-5-4-6-8-23/h4-16,20,25H,17-18H2,1-3H3. The Kier molecular flexibility index (Phi) is 5.96. The zero-order valence-corrected chi connectivity index (χ0v) is 15.9. The molecule has 3 aromatic rings. The highest BCUT2D eigenvalue weighted by Gasteiger charge is 2.10. The van der Waals surface area contributed by atoms with Gasteiger partial charge in [-0.25, -0.2) is 0 Å². The molecule has 0 aliphatic heterocycles. The first-order valence-electron chi connectivity index (χ1n) is 9.28. The van der Waals surface area contributed by atoms with E-state index in [1.807, 2.05) is 6.07 Å². The smallest absolute Gasteiger partial charge is 0.0431 e. The van der Waals surface area contributed by atoms with Gasteiger partial charge >= 0.3 is 0 Å². The Hall–Kier alpha value is -2.74. The van der Waals surface area contributed by atoms with E-state index in [1.165, 1.54) is 28.1 Å². The average Bonchev–Trinajstić information content (AvgIpc) is 2.69. The maximum atomic E-state index is 3.50. The fourth-order valence-corrected chi connectivity index (χ4v) is 3.00. The lowest BCUT2D eigenvalue weighted by molar-refractivity contribution is 0.716. The van der Waals surface area contributed by atoms with Crippen molar-refractivity contribution < 1.29 is 0 Å². The summed E-state index contributed by atoms with van der Waals surface area (Å²) in [6.45, 7) is 5.28. The summed E-state index contributed by atoms with van der Waals surface area (Å²) in [6, 6.07) is 28.5. The molecule has 134 valence electrons. The van der Waals surface area contributed by atoms with Gasteiger partial charge in [0.15, 0.2) is 0 Å². The molecule has 1 unspecified atom stereocenters. The summed E-state index contributed by atoms with van der Waals surface area (Å²) in [7, 11) is 2.16. The van der Waals surface area contributed by atoms with Gasteiger partial charge in [-0.05, 0) is 55.7 Å². The van der Waals surface area contributed by atoms with Crippen LogP contribution in [0.4, 0.5) is 11.4 Å². The van der Waals surface area contributed by atoms with Crippen LogP contribution in [0.2, 0.25) is 0 Å². The van der Waals surface area contributed by atoms with E-state index in [1.54, 1.807) is 0 Å². The van der Waals surface area contributed by atoms with Gasteiger partial charge < -0.3 is 10.2 Å². The van der Waals surface area contributed by atoms with Crippen molar-refractivity contribution in [2.24, 2.45) is 0 Å². The zero-order valence-electron chi connectivity index (χ0n) is 15.9. The van der Waals surface area contributed by atoms with Crippen LogP contribution < -0.4 is 10.2 Å². The van der Waals surface area contributed by atoms with Crippen LogP contribution in [0.3, 0.4) is 0 Å². The first-order valence-corrected chi connectivity index (χ1v) is 9.28. The first-order chi connectivity index (χ1) is 12.6. The molecule has 2 heteroatoms. The Morgan fingerprint density at radius 3 is 2.00 bits per heavy atom. The molecule has 0 bridgehead atoms. The number of hydrogen-bond acceptors (Lipinski definition) is 2. The van der Waals surface area contributed by atoms with Crippen LogP contribution in [0.5, 0.6) is 0 Å². The van der Waals surface area contributed by atoms with E-state index in [4.69, 9.17) is 0 Å². The van der Waals surface area contributed by atoms with Gasteiger partial charge in [-0.1, -0.05) is 60.2 Å². The van der Waals surface area contributed by atoms with Crippen LogP contribution in [-0.4, -0.2) is 19.6 Å². The van der Waals surface area contributed by atoms with E-state index in [2.05, 4.69) is 104 Å². The molecule has 0 amide bonds. The van der Waals surface area contributed by atoms with Gasteiger partial charge in [0.2, 0.25) is 0 Å². The number of hydrogen-bond donors (Lipinski definition) is 1. The number of nitrogens with zero attached hydrogens (tertiary/aromatic N) is 1. The van der Waals surface area contributed by atoms with Crippen molar-refractivity contribution in [1.29, 1.82) is 0 Å². The lowest BCUT2D eigenvalue weighted by atomic mass is 10.0. The summed E-state index contributed by atoms with van der Waals surface area (Å²) in [4.78, 5) is 2.32. The molecule has 0 aromatic heterocycles. The molecular weight excluding hydrogens is 316 g/mol. The second kappa shape index (κ2) is 8.57. The van der Waals surface area contributed by atoms with Crippen molar-refractivity contribution in [2.75, 3.05) is 23.8 Å². The van der Waals surface area contributed by atoms with Crippen LogP contribution in [-0.2, 0) is 6.42 Å². The molecule has 0 saturated carbocycles. The van der Waals surface area contributed by atoms with Gasteiger partial charge in [-0.3, -0.25) is 0 Å². The van der Waals surface area contributed by atoms with E-state index in [9.17, 15) is 0 Å². The molecule has 26 heavy (non-hydrogen) atoms. The van der Waals surface area contributed by atoms with Crippen LogP contribution in [0.25, 0.3) is 0 Å². The predicted octanol–water partition coefficient (Wildman–Crippen LogP) is 5.52. The number of para-hydroxylation sites is 1. The Bertz CT molecular complexity index is 792. The summed E-state index contributed by atoms with van der Waals surface area (Å²) in [6.07, 6.45) is 0.982. The minimum atomic E-state index is 0.401. The maximum absolute atomic E-state index is 3.50. The van der Waals surface area contributed by atoms with Gasteiger partial charge in [-0.2, -0.15) is 0 Å². The Balaban J connectivity index is 1.57. The number of benzene rings is 3. The second-order valence-corrected chi connectivity index (χ2v) is 7.04. The zero-order chi connectivity index (χ0) is 18.4. The molecule has 0 radical (unpaired) electrons. The average molecular weight is 345 g/mol. The molecular formula is C24H28N2. The number of rotatable bonds is 7. The van der Waals surface area contributed by atoms with E-state index >= 15 is 0 Å². The van der Waals surface area contributed by atoms with E-state index in [-0.39, 0.29) is 0 Å². The summed E-state index contributed by atoms with van der Waals surface area (Å²) in [5.41, 5.74) is 6.43. The van der Waals surface area contributed by atoms with Crippen LogP contribution in [0.1, 0.15) is 23.6 Å². The van der Waals surface area contributed by atoms with E-state index in [0.29, 0.717) is 6.04 Å². The minimum absolute atomic E-state index is 0.401. The topological polar surface area (TPSA) is 15.3 Å². The van der Waals surface area contributed by atoms with Crippen molar-refractivity contribution in [2.45, 2.75) is 26.3 Å². The first kappa shape index (κ1) is 18.1. The second-order valence-electron chi connectivity index (χ2n) is 7.04. The number of aryl methyl sites for hydroxylation is 1. The van der Waals surface area contributed by atoms with Crippen molar-refractivity contribution in [3.05, 3.63) is 95.6 Å².